The Balaban J connectivity index is 1.63. The number of methoxy groups -OCH3 is 1. The quantitative estimate of drug-likeness (QED) is 0.867. The number of pyridine rings is 1. The number of nitrogens with zero attached hydrogens (tertiary/aromatic N) is 2. The van der Waals surface area contributed by atoms with E-state index in [0.717, 1.165) is 43.9 Å². The molecule has 0 spiro atoms. The van der Waals surface area contributed by atoms with Crippen LogP contribution in [0.5, 0.6) is 5.75 Å². The van der Waals surface area contributed by atoms with E-state index in [2.05, 4.69) is 27.3 Å². The van der Waals surface area contributed by atoms with Crippen LogP contribution in [0.25, 0.3) is 0 Å². The van der Waals surface area contributed by atoms with Crippen LogP contribution >= 0.6 is 0 Å². The lowest BCUT2D eigenvalue weighted by atomic mass is 9.87. The number of carbonyl (C=O) groups excluding carboxylic acids is 1. The van der Waals surface area contributed by atoms with E-state index in [1.165, 1.54) is 5.56 Å². The van der Waals surface area contributed by atoms with Crippen LogP contribution < -0.4 is 10.1 Å². The molecule has 1 fully saturated rings. The zero-order valence-corrected chi connectivity index (χ0v) is 15.5. The third-order valence-electron chi connectivity index (χ3n) is 5.06. The van der Waals surface area contributed by atoms with Crippen LogP contribution in [0.15, 0.2) is 48.7 Å². The SMILES string of the molecule is COc1ccccc1CN1CCC(C(NC(C)=O)c2ccccn2)CC1. The number of nitrogens with one attached hydrogen (secondary N) is 1. The fourth-order valence-electron chi connectivity index (χ4n) is 3.73. The van der Waals surface area contributed by atoms with Crippen molar-refractivity contribution in [3.05, 3.63) is 59.9 Å². The number of hydrogen-bond donors (Lipinski definition) is 1. The van der Waals surface area contributed by atoms with E-state index < -0.39 is 0 Å². The van der Waals surface area contributed by atoms with E-state index in [-0.39, 0.29) is 11.9 Å². The third-order valence-corrected chi connectivity index (χ3v) is 5.06. The first-order chi connectivity index (χ1) is 12.7. The minimum Gasteiger partial charge on any atom is -0.496 e. The van der Waals surface area contributed by atoms with E-state index in [4.69, 9.17) is 4.74 Å². The molecule has 1 unspecified atom stereocenters. The van der Waals surface area contributed by atoms with Crippen molar-refractivity contribution in [2.24, 2.45) is 5.92 Å². The largest absolute Gasteiger partial charge is 0.496 e. The normalized spacial score (nSPS) is 16.8. The molecule has 5 heteroatoms. The summed E-state index contributed by atoms with van der Waals surface area (Å²) in [6.45, 7) is 4.48. The third kappa shape index (κ3) is 4.61. The van der Waals surface area contributed by atoms with Gasteiger partial charge in [-0.15, -0.1) is 0 Å². The van der Waals surface area contributed by atoms with E-state index >= 15 is 0 Å². The second-order valence-electron chi connectivity index (χ2n) is 6.86. The van der Waals surface area contributed by atoms with E-state index in [1.807, 2.05) is 30.3 Å². The number of amides is 1. The van der Waals surface area contributed by atoms with Gasteiger partial charge in [0.05, 0.1) is 18.8 Å². The summed E-state index contributed by atoms with van der Waals surface area (Å²) >= 11 is 0. The smallest absolute Gasteiger partial charge is 0.217 e. The molecule has 1 amide bonds. The summed E-state index contributed by atoms with van der Waals surface area (Å²) in [6, 6.07) is 14.1. The van der Waals surface area contributed by atoms with Gasteiger partial charge in [-0.05, 0) is 50.0 Å². The zero-order chi connectivity index (χ0) is 18.4. The first-order valence-corrected chi connectivity index (χ1v) is 9.19. The van der Waals surface area contributed by atoms with Crippen LogP contribution in [0.1, 0.15) is 37.1 Å². The van der Waals surface area contributed by atoms with Crippen molar-refractivity contribution in [2.75, 3.05) is 20.2 Å². The van der Waals surface area contributed by atoms with Crippen molar-refractivity contribution in [3.63, 3.8) is 0 Å². The molecule has 0 aliphatic carbocycles. The fraction of sp³-hybridized carbons (Fsp3) is 0.429. The van der Waals surface area contributed by atoms with E-state index in [0.29, 0.717) is 5.92 Å². The van der Waals surface area contributed by atoms with Crippen molar-refractivity contribution >= 4 is 5.91 Å². The molecule has 0 radical (unpaired) electrons. The van der Waals surface area contributed by atoms with Crippen molar-refractivity contribution in [1.29, 1.82) is 0 Å². The topological polar surface area (TPSA) is 54.5 Å². The van der Waals surface area contributed by atoms with E-state index in [1.54, 1.807) is 20.2 Å². The first-order valence-electron chi connectivity index (χ1n) is 9.19. The predicted molar refractivity (Wildman–Crippen MR) is 102 cm³/mol. The minimum absolute atomic E-state index is 0.00268. The number of ether oxygens (including phenoxy) is 1. The average molecular weight is 353 g/mol. The highest BCUT2D eigenvalue weighted by atomic mass is 16.5. The minimum atomic E-state index is -0.0119. The summed E-state index contributed by atoms with van der Waals surface area (Å²) in [5.74, 6) is 1.35. The Morgan fingerprint density at radius 1 is 1.23 bits per heavy atom. The molecule has 1 aromatic heterocycles. The van der Waals surface area contributed by atoms with Gasteiger partial charge >= 0.3 is 0 Å². The number of aromatic nitrogens is 1. The standard InChI is InChI=1S/C21H27N3O2/c1-16(25)23-21(19-8-5-6-12-22-19)17-10-13-24(14-11-17)15-18-7-3-4-9-20(18)26-2/h3-9,12,17,21H,10-11,13-15H2,1-2H3,(H,23,25). The summed E-state index contributed by atoms with van der Waals surface area (Å²) in [4.78, 5) is 18.6. The number of rotatable bonds is 6. The fourth-order valence-corrected chi connectivity index (χ4v) is 3.73. The maximum Gasteiger partial charge on any atom is 0.217 e. The zero-order valence-electron chi connectivity index (χ0n) is 15.5. The Hall–Kier alpha value is -2.40. The van der Waals surface area contributed by atoms with Gasteiger partial charge in [-0.2, -0.15) is 0 Å². The summed E-state index contributed by atoms with van der Waals surface area (Å²) in [6.07, 6.45) is 3.87. The Kier molecular flexibility index (Phi) is 6.23. The molecule has 0 saturated carbocycles. The number of piperidine rings is 1. The molecule has 1 aliphatic rings. The molecule has 1 saturated heterocycles. The Bertz CT molecular complexity index is 712. The van der Waals surface area contributed by atoms with Crippen molar-refractivity contribution in [1.82, 2.24) is 15.2 Å². The lowest BCUT2D eigenvalue weighted by Gasteiger charge is -2.36. The second-order valence-corrected chi connectivity index (χ2v) is 6.86. The van der Waals surface area contributed by atoms with Gasteiger partial charge in [0.15, 0.2) is 0 Å². The number of benzene rings is 1. The predicted octanol–water partition coefficient (Wildman–Crippen LogP) is 3.18. The van der Waals surface area contributed by atoms with Crippen molar-refractivity contribution in [2.45, 2.75) is 32.4 Å². The molecule has 2 heterocycles. The van der Waals surface area contributed by atoms with Gasteiger partial charge in [-0.3, -0.25) is 14.7 Å². The summed E-state index contributed by atoms with van der Waals surface area (Å²) in [5.41, 5.74) is 2.17. The van der Waals surface area contributed by atoms with Gasteiger partial charge in [0, 0.05) is 25.2 Å². The van der Waals surface area contributed by atoms with Crippen molar-refractivity contribution < 1.29 is 9.53 Å². The molecule has 0 bridgehead atoms. The average Bonchev–Trinajstić information content (AvgIpc) is 2.68. The van der Waals surface area contributed by atoms with Gasteiger partial charge < -0.3 is 10.1 Å². The molecular weight excluding hydrogens is 326 g/mol. The van der Waals surface area contributed by atoms with Crippen LogP contribution in [0, 0.1) is 5.92 Å². The van der Waals surface area contributed by atoms with Gasteiger partial charge in [0.25, 0.3) is 0 Å². The number of para-hydroxylation sites is 1. The summed E-state index contributed by atoms with van der Waals surface area (Å²) in [5, 5.41) is 3.11. The Morgan fingerprint density at radius 3 is 2.62 bits per heavy atom. The van der Waals surface area contributed by atoms with Gasteiger partial charge in [0.2, 0.25) is 5.91 Å². The van der Waals surface area contributed by atoms with Crippen LogP contribution in [0.2, 0.25) is 0 Å². The molecular formula is C21H27N3O2. The van der Waals surface area contributed by atoms with Gasteiger partial charge in [-0.1, -0.05) is 24.3 Å². The highest BCUT2D eigenvalue weighted by molar-refractivity contribution is 5.73. The van der Waals surface area contributed by atoms with Crippen LogP contribution in [-0.4, -0.2) is 36.0 Å². The summed E-state index contributed by atoms with van der Waals surface area (Å²) < 4.78 is 5.47. The number of hydrogen-bond acceptors (Lipinski definition) is 4. The Labute approximate surface area is 155 Å². The van der Waals surface area contributed by atoms with E-state index in [9.17, 15) is 4.79 Å². The second kappa shape index (κ2) is 8.81. The summed E-state index contributed by atoms with van der Waals surface area (Å²) in [7, 11) is 1.72. The molecule has 3 rings (SSSR count). The van der Waals surface area contributed by atoms with Crippen molar-refractivity contribution in [3.8, 4) is 5.75 Å². The lowest BCUT2D eigenvalue weighted by Crippen LogP contribution is -2.40. The molecule has 1 aromatic carbocycles. The number of carbonyl (C=O) groups is 1. The molecule has 138 valence electrons. The lowest BCUT2D eigenvalue weighted by molar-refractivity contribution is -0.120. The Morgan fingerprint density at radius 2 is 1.96 bits per heavy atom. The maximum absolute atomic E-state index is 11.7. The van der Waals surface area contributed by atoms with Gasteiger partial charge in [-0.25, -0.2) is 0 Å². The molecule has 5 nitrogen and oxygen atoms in total. The molecule has 1 N–H and O–H groups in total. The first kappa shape index (κ1) is 18.4. The monoisotopic (exact) mass is 353 g/mol. The van der Waals surface area contributed by atoms with Crippen LogP contribution in [-0.2, 0) is 11.3 Å². The maximum atomic E-state index is 11.7. The van der Waals surface area contributed by atoms with Crippen LogP contribution in [0.3, 0.4) is 0 Å². The molecule has 1 aliphatic heterocycles. The highest BCUT2D eigenvalue weighted by Gasteiger charge is 2.29. The van der Waals surface area contributed by atoms with Gasteiger partial charge in [0.1, 0.15) is 5.75 Å². The molecule has 26 heavy (non-hydrogen) atoms. The number of likely N-dealkylation sites (tertiary alicyclic amines) is 1. The highest BCUT2D eigenvalue weighted by Crippen LogP contribution is 2.31. The molecule has 1 atom stereocenters. The van der Waals surface area contributed by atoms with Crippen LogP contribution in [0.4, 0.5) is 0 Å². The molecule has 2 aromatic rings.